The van der Waals surface area contributed by atoms with Gasteiger partial charge in [-0.25, -0.2) is 0 Å². The van der Waals surface area contributed by atoms with Crippen molar-refractivity contribution in [1.82, 2.24) is 4.90 Å². The maximum absolute atomic E-state index is 13.0. The molecule has 0 bridgehead atoms. The molecule has 2 unspecified atom stereocenters. The molecule has 2 N–H and O–H groups in total. The minimum absolute atomic E-state index is 0.0582. The monoisotopic (exact) mass is 482 g/mol. The van der Waals surface area contributed by atoms with Crippen molar-refractivity contribution in [3.05, 3.63) is 74.8 Å². The summed E-state index contributed by atoms with van der Waals surface area (Å²) < 4.78 is 0. The molecular formula is C24H23ClN4O5. The lowest BCUT2D eigenvalue weighted by Crippen LogP contribution is -2.35. The van der Waals surface area contributed by atoms with Crippen LogP contribution in [0.25, 0.3) is 0 Å². The van der Waals surface area contributed by atoms with E-state index in [2.05, 4.69) is 10.6 Å². The van der Waals surface area contributed by atoms with Crippen LogP contribution in [0.15, 0.2) is 48.6 Å². The van der Waals surface area contributed by atoms with Gasteiger partial charge in [-0.1, -0.05) is 29.8 Å². The Labute approximate surface area is 200 Å². The Bertz CT molecular complexity index is 1190. The van der Waals surface area contributed by atoms with E-state index in [-0.39, 0.29) is 48.0 Å². The zero-order valence-electron chi connectivity index (χ0n) is 18.4. The molecule has 1 aliphatic heterocycles. The third kappa shape index (κ3) is 4.65. The molecule has 2 aromatic rings. The Morgan fingerprint density at radius 1 is 1.12 bits per heavy atom. The lowest BCUT2D eigenvalue weighted by atomic mass is 9.85. The van der Waals surface area contributed by atoms with Gasteiger partial charge >= 0.3 is 0 Å². The standard InChI is InChI=1S/C24H23ClN4O5/c1-14-6-7-15(12-20(14)25)27-22(30)19-13-16(29(33)34)8-9-21(19)26-10-11-28-23(31)17-4-2-3-5-18(17)24(28)32/h2-3,6-9,12-13,17-18,26H,4-5,10-11H2,1H3,(H,27,30). The molecule has 2 aliphatic rings. The zero-order chi connectivity index (χ0) is 24.4. The molecule has 1 heterocycles. The van der Waals surface area contributed by atoms with Crippen LogP contribution in [0.3, 0.4) is 0 Å². The third-order valence-electron chi connectivity index (χ3n) is 6.14. The number of nitrogens with one attached hydrogen (secondary N) is 2. The van der Waals surface area contributed by atoms with E-state index in [1.54, 1.807) is 18.2 Å². The second kappa shape index (κ2) is 9.64. The Kier molecular flexibility index (Phi) is 6.65. The number of nitro benzene ring substituents is 1. The van der Waals surface area contributed by atoms with Gasteiger partial charge in [0.2, 0.25) is 11.8 Å². The summed E-state index contributed by atoms with van der Waals surface area (Å²) in [6.45, 7) is 2.16. The number of allylic oxidation sites excluding steroid dienone is 2. The number of non-ortho nitro benzene ring substituents is 1. The van der Waals surface area contributed by atoms with Gasteiger partial charge in [0.05, 0.1) is 22.3 Å². The van der Waals surface area contributed by atoms with Gasteiger partial charge < -0.3 is 10.6 Å². The normalized spacial score (nSPS) is 19.2. The number of nitro groups is 1. The van der Waals surface area contributed by atoms with E-state index in [4.69, 9.17) is 11.6 Å². The number of fused-ring (bicyclic) bond motifs is 1. The molecule has 1 fully saturated rings. The van der Waals surface area contributed by atoms with Crippen molar-refractivity contribution in [3.8, 4) is 0 Å². The van der Waals surface area contributed by atoms with Gasteiger partial charge in [-0.05, 0) is 43.5 Å². The Balaban J connectivity index is 1.48. The number of carbonyl (C=O) groups excluding carboxylic acids is 3. The largest absolute Gasteiger partial charge is 0.383 e. The molecule has 0 aromatic heterocycles. The van der Waals surface area contributed by atoms with Crippen LogP contribution in [-0.4, -0.2) is 40.6 Å². The quantitative estimate of drug-likeness (QED) is 0.264. The first-order chi connectivity index (χ1) is 16.3. The predicted octanol–water partition coefficient (Wildman–Crippen LogP) is 4.17. The molecule has 0 radical (unpaired) electrons. The fraction of sp³-hybridized carbons (Fsp3) is 0.292. The minimum atomic E-state index is -0.583. The molecule has 4 rings (SSSR count). The molecular weight excluding hydrogens is 460 g/mol. The predicted molar refractivity (Wildman–Crippen MR) is 128 cm³/mol. The van der Waals surface area contributed by atoms with Gasteiger partial charge in [-0.3, -0.25) is 29.4 Å². The van der Waals surface area contributed by atoms with E-state index < -0.39 is 10.8 Å². The van der Waals surface area contributed by atoms with E-state index in [0.29, 0.717) is 29.2 Å². The number of carbonyl (C=O) groups is 3. The van der Waals surface area contributed by atoms with Crippen LogP contribution >= 0.6 is 11.6 Å². The SMILES string of the molecule is Cc1ccc(NC(=O)c2cc([N+](=O)[O-])ccc2NCCN2C(=O)C3CC=CCC3C2=O)cc1Cl. The van der Waals surface area contributed by atoms with E-state index in [1.165, 1.54) is 23.1 Å². The maximum Gasteiger partial charge on any atom is 0.270 e. The van der Waals surface area contributed by atoms with Crippen LogP contribution in [0.2, 0.25) is 5.02 Å². The van der Waals surface area contributed by atoms with Crippen molar-refractivity contribution in [1.29, 1.82) is 0 Å². The number of likely N-dealkylation sites (tertiary alicyclic amines) is 1. The number of aryl methyl sites for hydroxylation is 1. The molecule has 3 amide bonds. The molecule has 2 aromatic carbocycles. The van der Waals surface area contributed by atoms with Gasteiger partial charge in [0.25, 0.3) is 11.6 Å². The van der Waals surface area contributed by atoms with Gasteiger partial charge in [0.1, 0.15) is 0 Å². The average Bonchev–Trinajstić information content (AvgIpc) is 3.06. The summed E-state index contributed by atoms with van der Waals surface area (Å²) in [7, 11) is 0. The van der Waals surface area contributed by atoms with Crippen molar-refractivity contribution in [2.45, 2.75) is 19.8 Å². The number of nitrogens with zero attached hydrogens (tertiary/aromatic N) is 2. The maximum atomic E-state index is 13.0. The van der Waals surface area contributed by atoms with E-state index >= 15 is 0 Å². The van der Waals surface area contributed by atoms with Gasteiger partial charge in [0, 0.05) is 41.6 Å². The summed E-state index contributed by atoms with van der Waals surface area (Å²) in [5.74, 6) is -1.53. The summed E-state index contributed by atoms with van der Waals surface area (Å²) in [5, 5.41) is 17.5. The molecule has 0 spiro atoms. The fourth-order valence-corrected chi connectivity index (χ4v) is 4.43. The molecule has 1 saturated heterocycles. The molecule has 34 heavy (non-hydrogen) atoms. The minimum Gasteiger partial charge on any atom is -0.383 e. The van der Waals surface area contributed by atoms with E-state index in [0.717, 1.165) is 5.56 Å². The Morgan fingerprint density at radius 2 is 1.79 bits per heavy atom. The second-order valence-electron chi connectivity index (χ2n) is 8.32. The summed E-state index contributed by atoms with van der Waals surface area (Å²) >= 11 is 6.12. The van der Waals surface area contributed by atoms with Gasteiger partial charge in [-0.2, -0.15) is 0 Å². The Hall–Kier alpha value is -3.72. The fourth-order valence-electron chi connectivity index (χ4n) is 4.25. The van der Waals surface area contributed by atoms with Crippen LogP contribution in [0.1, 0.15) is 28.8 Å². The highest BCUT2D eigenvalue weighted by atomic mass is 35.5. The van der Waals surface area contributed by atoms with E-state index in [1.807, 2.05) is 19.1 Å². The third-order valence-corrected chi connectivity index (χ3v) is 6.55. The average molecular weight is 483 g/mol. The van der Waals surface area contributed by atoms with E-state index in [9.17, 15) is 24.5 Å². The molecule has 176 valence electrons. The smallest absolute Gasteiger partial charge is 0.270 e. The molecule has 1 aliphatic carbocycles. The molecule has 0 saturated carbocycles. The first-order valence-corrected chi connectivity index (χ1v) is 11.2. The number of hydrogen-bond acceptors (Lipinski definition) is 6. The van der Waals surface area contributed by atoms with Crippen LogP contribution in [0.4, 0.5) is 17.1 Å². The topological polar surface area (TPSA) is 122 Å². The number of hydrogen-bond donors (Lipinski definition) is 2. The number of benzene rings is 2. The highest BCUT2D eigenvalue weighted by molar-refractivity contribution is 6.31. The zero-order valence-corrected chi connectivity index (χ0v) is 19.2. The lowest BCUT2D eigenvalue weighted by molar-refractivity contribution is -0.384. The van der Waals surface area contributed by atoms with Crippen molar-refractivity contribution < 1.29 is 19.3 Å². The van der Waals surface area contributed by atoms with Gasteiger partial charge in [-0.15, -0.1) is 0 Å². The van der Waals surface area contributed by atoms with Crippen molar-refractivity contribution in [3.63, 3.8) is 0 Å². The highest BCUT2D eigenvalue weighted by Crippen LogP contribution is 2.35. The van der Waals surface area contributed by atoms with Crippen molar-refractivity contribution in [2.24, 2.45) is 11.8 Å². The van der Waals surface area contributed by atoms with Crippen molar-refractivity contribution in [2.75, 3.05) is 23.7 Å². The lowest BCUT2D eigenvalue weighted by Gasteiger charge is -2.17. The first kappa shape index (κ1) is 23.4. The van der Waals surface area contributed by atoms with Crippen molar-refractivity contribution >= 4 is 46.4 Å². The molecule has 10 heteroatoms. The highest BCUT2D eigenvalue weighted by Gasteiger charge is 2.46. The van der Waals surface area contributed by atoms with Crippen LogP contribution in [0, 0.1) is 28.9 Å². The summed E-state index contributed by atoms with van der Waals surface area (Å²) in [6, 6.07) is 8.93. The van der Waals surface area contributed by atoms with Crippen LogP contribution in [0.5, 0.6) is 0 Å². The summed E-state index contributed by atoms with van der Waals surface area (Å²) in [5.41, 5.74) is 1.46. The van der Waals surface area contributed by atoms with Gasteiger partial charge in [0.15, 0.2) is 0 Å². The van der Waals surface area contributed by atoms with Crippen LogP contribution < -0.4 is 10.6 Å². The number of imide groups is 1. The Morgan fingerprint density at radius 3 is 2.41 bits per heavy atom. The second-order valence-corrected chi connectivity index (χ2v) is 8.72. The van der Waals surface area contributed by atoms with Crippen LogP contribution in [-0.2, 0) is 9.59 Å². The number of anilines is 2. The molecule has 2 atom stereocenters. The number of amides is 3. The molecule has 9 nitrogen and oxygen atoms in total. The number of rotatable bonds is 7. The summed E-state index contributed by atoms with van der Waals surface area (Å²) in [4.78, 5) is 50.2. The summed E-state index contributed by atoms with van der Waals surface area (Å²) in [6.07, 6.45) is 4.98. The number of halogens is 1. The first-order valence-electron chi connectivity index (χ1n) is 10.9.